The highest BCUT2D eigenvalue weighted by Gasteiger charge is 2.13. The van der Waals surface area contributed by atoms with Gasteiger partial charge in [-0.05, 0) is 28.1 Å². The molecule has 0 saturated heterocycles. The number of rotatable bonds is 2. The lowest BCUT2D eigenvalue weighted by Gasteiger charge is -2.05. The molecule has 0 unspecified atom stereocenters. The maximum absolute atomic E-state index is 11.9. The molecule has 1 aromatic carbocycles. The van der Waals surface area contributed by atoms with Crippen molar-refractivity contribution in [2.24, 2.45) is 0 Å². The smallest absolute Gasteiger partial charge is 0.266 e. The van der Waals surface area contributed by atoms with Gasteiger partial charge in [0.2, 0.25) is 0 Å². The monoisotopic (exact) mass is 316 g/mol. The minimum atomic E-state index is -0.236. The van der Waals surface area contributed by atoms with Gasteiger partial charge >= 0.3 is 0 Å². The van der Waals surface area contributed by atoms with Crippen LogP contribution in [0.4, 0.5) is 0 Å². The Balaban J connectivity index is 2.23. The first-order valence-corrected chi connectivity index (χ1v) is 6.44. The van der Waals surface area contributed by atoms with Crippen LogP contribution < -0.4 is 5.56 Å². The zero-order valence-corrected chi connectivity index (χ0v) is 11.3. The van der Waals surface area contributed by atoms with E-state index in [1.807, 2.05) is 30.3 Å². The summed E-state index contributed by atoms with van der Waals surface area (Å²) in [6, 6.07) is 13.0. The van der Waals surface area contributed by atoms with E-state index in [2.05, 4.69) is 25.9 Å². The Hall–Kier alpha value is -2.14. The van der Waals surface area contributed by atoms with Gasteiger partial charge in [-0.15, -0.1) is 0 Å². The van der Waals surface area contributed by atoms with Crippen molar-refractivity contribution in [2.75, 3.05) is 0 Å². The van der Waals surface area contributed by atoms with Crippen molar-refractivity contribution >= 4 is 15.9 Å². The molecule has 1 N–H and O–H groups in total. The molecule has 2 heterocycles. The van der Waals surface area contributed by atoms with E-state index >= 15 is 0 Å². The van der Waals surface area contributed by atoms with Crippen LogP contribution in [0.15, 0.2) is 62.4 Å². The average molecular weight is 317 g/mol. The van der Waals surface area contributed by atoms with Crippen LogP contribution in [0, 0.1) is 0 Å². The molecule has 0 bridgehead atoms. The van der Waals surface area contributed by atoms with E-state index in [4.69, 9.17) is 4.42 Å². The van der Waals surface area contributed by atoms with Crippen molar-refractivity contribution < 1.29 is 4.42 Å². The molecule has 0 saturated carbocycles. The van der Waals surface area contributed by atoms with Gasteiger partial charge in [0.1, 0.15) is 4.47 Å². The summed E-state index contributed by atoms with van der Waals surface area (Å²) in [7, 11) is 0. The quantitative estimate of drug-likeness (QED) is 0.787. The van der Waals surface area contributed by atoms with Crippen LogP contribution in [0.2, 0.25) is 0 Å². The van der Waals surface area contributed by atoms with Gasteiger partial charge in [-0.2, -0.15) is 0 Å². The number of benzene rings is 1. The van der Waals surface area contributed by atoms with Gasteiger partial charge in [0.15, 0.2) is 11.6 Å². The van der Waals surface area contributed by atoms with Crippen molar-refractivity contribution in [3.63, 3.8) is 0 Å². The minimum Gasteiger partial charge on any atom is -0.461 e. The fourth-order valence-corrected chi connectivity index (χ4v) is 2.19. The van der Waals surface area contributed by atoms with E-state index in [-0.39, 0.29) is 5.56 Å². The molecule has 4 nitrogen and oxygen atoms in total. The Morgan fingerprint density at radius 2 is 1.89 bits per heavy atom. The number of furan rings is 1. The summed E-state index contributed by atoms with van der Waals surface area (Å²) in [6.45, 7) is 0. The van der Waals surface area contributed by atoms with Crippen LogP contribution in [0.25, 0.3) is 22.8 Å². The Morgan fingerprint density at radius 1 is 1.11 bits per heavy atom. The number of aromatic nitrogens is 2. The predicted molar refractivity (Wildman–Crippen MR) is 75.7 cm³/mol. The molecule has 2 aromatic heterocycles. The first-order valence-electron chi connectivity index (χ1n) is 5.65. The van der Waals surface area contributed by atoms with Crippen LogP contribution >= 0.6 is 15.9 Å². The van der Waals surface area contributed by atoms with Crippen LogP contribution in [-0.4, -0.2) is 9.97 Å². The Bertz CT molecular complexity index is 749. The van der Waals surface area contributed by atoms with Gasteiger partial charge < -0.3 is 9.40 Å². The molecule has 3 aromatic rings. The van der Waals surface area contributed by atoms with Gasteiger partial charge in [-0.3, -0.25) is 4.79 Å². The fourth-order valence-electron chi connectivity index (χ4n) is 1.78. The molecule has 0 amide bonds. The lowest BCUT2D eigenvalue weighted by Crippen LogP contribution is -2.11. The number of aromatic amines is 1. The van der Waals surface area contributed by atoms with Crippen molar-refractivity contribution in [3.05, 3.63) is 63.6 Å². The van der Waals surface area contributed by atoms with E-state index in [0.29, 0.717) is 21.8 Å². The molecule has 0 aliphatic carbocycles. The Morgan fingerprint density at radius 3 is 2.58 bits per heavy atom. The van der Waals surface area contributed by atoms with Crippen LogP contribution in [0.5, 0.6) is 0 Å². The van der Waals surface area contributed by atoms with Crippen molar-refractivity contribution in [2.45, 2.75) is 0 Å². The first kappa shape index (κ1) is 11.9. The second kappa shape index (κ2) is 4.85. The average Bonchev–Trinajstić information content (AvgIpc) is 2.97. The van der Waals surface area contributed by atoms with Gasteiger partial charge in [-0.25, -0.2) is 4.98 Å². The number of H-pyrrole nitrogens is 1. The van der Waals surface area contributed by atoms with Crippen molar-refractivity contribution in [1.29, 1.82) is 0 Å². The van der Waals surface area contributed by atoms with Crippen LogP contribution in [0.1, 0.15) is 0 Å². The third-order valence-electron chi connectivity index (χ3n) is 2.66. The number of hydrogen-bond acceptors (Lipinski definition) is 3. The van der Waals surface area contributed by atoms with Crippen molar-refractivity contribution in [3.8, 4) is 22.8 Å². The maximum Gasteiger partial charge on any atom is 0.266 e. The SMILES string of the molecule is O=c1[nH]c(-c2ccco2)nc(-c2ccccc2)c1Br. The molecule has 0 spiro atoms. The molecule has 0 aliphatic heterocycles. The highest BCUT2D eigenvalue weighted by Crippen LogP contribution is 2.25. The van der Waals surface area contributed by atoms with Gasteiger partial charge in [0.25, 0.3) is 5.56 Å². The fraction of sp³-hybridized carbons (Fsp3) is 0. The number of nitrogens with one attached hydrogen (secondary N) is 1. The van der Waals surface area contributed by atoms with E-state index in [1.165, 1.54) is 0 Å². The van der Waals surface area contributed by atoms with Crippen LogP contribution in [0.3, 0.4) is 0 Å². The zero-order chi connectivity index (χ0) is 13.2. The molecule has 5 heteroatoms. The lowest BCUT2D eigenvalue weighted by molar-refractivity contribution is 0.577. The van der Waals surface area contributed by atoms with Gasteiger partial charge in [-0.1, -0.05) is 30.3 Å². The summed E-state index contributed by atoms with van der Waals surface area (Å²) < 4.78 is 5.67. The highest BCUT2D eigenvalue weighted by atomic mass is 79.9. The highest BCUT2D eigenvalue weighted by molar-refractivity contribution is 9.10. The van der Waals surface area contributed by atoms with E-state index < -0.39 is 0 Å². The van der Waals surface area contributed by atoms with Gasteiger partial charge in [0, 0.05) is 5.56 Å². The third kappa shape index (κ3) is 2.24. The first-order chi connectivity index (χ1) is 9.25. The summed E-state index contributed by atoms with van der Waals surface area (Å²) in [5.74, 6) is 0.943. The summed E-state index contributed by atoms with van der Waals surface area (Å²) >= 11 is 3.28. The summed E-state index contributed by atoms with van der Waals surface area (Å²) in [5.41, 5.74) is 1.23. The topological polar surface area (TPSA) is 58.9 Å². The molecular weight excluding hydrogens is 308 g/mol. The normalized spacial score (nSPS) is 10.6. The summed E-state index contributed by atoms with van der Waals surface area (Å²) in [4.78, 5) is 19.1. The minimum absolute atomic E-state index is 0.236. The summed E-state index contributed by atoms with van der Waals surface area (Å²) in [6.07, 6.45) is 1.54. The number of nitrogens with zero attached hydrogens (tertiary/aromatic N) is 1. The largest absolute Gasteiger partial charge is 0.461 e. The molecule has 3 rings (SSSR count). The number of hydrogen-bond donors (Lipinski definition) is 1. The Labute approximate surface area is 117 Å². The maximum atomic E-state index is 11.9. The lowest BCUT2D eigenvalue weighted by atomic mass is 10.1. The second-order valence-electron chi connectivity index (χ2n) is 3.92. The van der Waals surface area contributed by atoms with Crippen LogP contribution in [-0.2, 0) is 0 Å². The molecule has 0 aliphatic rings. The molecule has 0 radical (unpaired) electrons. The van der Waals surface area contributed by atoms with E-state index in [0.717, 1.165) is 5.56 Å². The molecule has 19 heavy (non-hydrogen) atoms. The third-order valence-corrected chi connectivity index (χ3v) is 3.40. The van der Waals surface area contributed by atoms with Gasteiger partial charge in [0.05, 0.1) is 12.0 Å². The zero-order valence-electron chi connectivity index (χ0n) is 9.76. The predicted octanol–water partition coefficient (Wildman–Crippen LogP) is 3.46. The molecule has 94 valence electrons. The standard InChI is InChI=1S/C14H9BrN2O2/c15-11-12(9-5-2-1-3-6-9)16-13(17-14(11)18)10-7-4-8-19-10/h1-8H,(H,16,17,18). The van der Waals surface area contributed by atoms with E-state index in [1.54, 1.807) is 18.4 Å². The summed E-state index contributed by atoms with van der Waals surface area (Å²) in [5, 5.41) is 0. The second-order valence-corrected chi connectivity index (χ2v) is 4.71. The molecule has 0 atom stereocenters. The van der Waals surface area contributed by atoms with E-state index in [9.17, 15) is 4.79 Å². The van der Waals surface area contributed by atoms with Crippen molar-refractivity contribution in [1.82, 2.24) is 9.97 Å². The molecular formula is C14H9BrN2O2. The number of halogens is 1. The Kier molecular flexibility index (Phi) is 3.05. The molecule has 0 fully saturated rings.